The van der Waals surface area contributed by atoms with Crippen LogP contribution in [0.5, 0.6) is 0 Å². The molecule has 136 valence electrons. The molecule has 2 rings (SSSR count). The van der Waals surface area contributed by atoms with Crippen LogP contribution in [0.4, 0.5) is 5.82 Å². The highest BCUT2D eigenvalue weighted by atomic mass is 127. The molecule has 1 fully saturated rings. The highest BCUT2D eigenvalue weighted by Crippen LogP contribution is 2.12. The maximum Gasteiger partial charge on any atom is 0.193 e. The minimum Gasteiger partial charge on any atom is -0.379 e. The van der Waals surface area contributed by atoms with E-state index in [9.17, 15) is 0 Å². The number of halogens is 1. The van der Waals surface area contributed by atoms with Gasteiger partial charge in [-0.3, -0.25) is 4.99 Å². The van der Waals surface area contributed by atoms with Crippen molar-refractivity contribution in [2.45, 2.75) is 13.8 Å². The molecule has 1 aromatic rings. The third-order valence-corrected chi connectivity index (χ3v) is 3.74. The SMILES string of the molecule is CN=C(NCCOCC(C)C)N1CCN(c2ccccn2)CC1.I. The molecule has 2 heterocycles. The van der Waals surface area contributed by atoms with Crippen LogP contribution in [0, 0.1) is 5.92 Å². The largest absolute Gasteiger partial charge is 0.379 e. The number of aliphatic imine (C=N–C) groups is 1. The van der Waals surface area contributed by atoms with E-state index in [1.165, 1.54) is 0 Å². The van der Waals surface area contributed by atoms with Crippen molar-refractivity contribution in [2.24, 2.45) is 10.9 Å². The first kappa shape index (κ1) is 21.0. The molecule has 7 heteroatoms. The first-order chi connectivity index (χ1) is 11.2. The Morgan fingerprint density at radius 2 is 2.04 bits per heavy atom. The van der Waals surface area contributed by atoms with Gasteiger partial charge in [-0.25, -0.2) is 4.98 Å². The van der Waals surface area contributed by atoms with E-state index in [0.717, 1.165) is 51.1 Å². The minimum absolute atomic E-state index is 0. The maximum absolute atomic E-state index is 5.60. The van der Waals surface area contributed by atoms with Crippen LogP contribution in [0.2, 0.25) is 0 Å². The highest BCUT2D eigenvalue weighted by molar-refractivity contribution is 14.0. The fourth-order valence-electron chi connectivity index (χ4n) is 2.57. The molecule has 24 heavy (non-hydrogen) atoms. The van der Waals surface area contributed by atoms with Crippen LogP contribution in [0.15, 0.2) is 29.4 Å². The lowest BCUT2D eigenvalue weighted by Gasteiger charge is -2.37. The first-order valence-corrected chi connectivity index (χ1v) is 8.40. The van der Waals surface area contributed by atoms with Crippen LogP contribution in [-0.2, 0) is 4.74 Å². The van der Waals surface area contributed by atoms with Crippen molar-refractivity contribution >= 4 is 35.8 Å². The Balaban J connectivity index is 0.00000288. The molecule has 0 spiro atoms. The number of pyridine rings is 1. The Morgan fingerprint density at radius 1 is 1.29 bits per heavy atom. The van der Waals surface area contributed by atoms with Gasteiger partial charge in [0.1, 0.15) is 5.82 Å². The number of anilines is 1. The fraction of sp³-hybridized carbons (Fsp3) is 0.647. The molecule has 0 aromatic carbocycles. The van der Waals surface area contributed by atoms with E-state index in [1.807, 2.05) is 25.4 Å². The summed E-state index contributed by atoms with van der Waals surface area (Å²) in [6.45, 7) is 10.4. The molecule has 1 N–H and O–H groups in total. The lowest BCUT2D eigenvalue weighted by Crippen LogP contribution is -2.53. The predicted octanol–water partition coefficient (Wildman–Crippen LogP) is 2.07. The van der Waals surface area contributed by atoms with Crippen molar-refractivity contribution < 1.29 is 4.74 Å². The Morgan fingerprint density at radius 3 is 2.62 bits per heavy atom. The van der Waals surface area contributed by atoms with Crippen LogP contribution in [0.3, 0.4) is 0 Å². The van der Waals surface area contributed by atoms with Gasteiger partial charge >= 0.3 is 0 Å². The number of aromatic nitrogens is 1. The lowest BCUT2D eigenvalue weighted by atomic mass is 10.2. The molecule has 0 atom stereocenters. The summed E-state index contributed by atoms with van der Waals surface area (Å²) in [6.07, 6.45) is 1.85. The maximum atomic E-state index is 5.60. The number of nitrogens with zero attached hydrogens (tertiary/aromatic N) is 4. The van der Waals surface area contributed by atoms with E-state index >= 15 is 0 Å². The van der Waals surface area contributed by atoms with E-state index in [2.05, 4.69) is 45.0 Å². The summed E-state index contributed by atoms with van der Waals surface area (Å²) >= 11 is 0. The Kier molecular flexibility index (Phi) is 10.0. The van der Waals surface area contributed by atoms with Crippen molar-refractivity contribution in [3.8, 4) is 0 Å². The molecule has 1 saturated heterocycles. The average Bonchev–Trinajstić information content (AvgIpc) is 2.59. The number of guanidine groups is 1. The van der Waals surface area contributed by atoms with Crippen molar-refractivity contribution in [1.82, 2.24) is 15.2 Å². The molecule has 1 aliphatic rings. The molecule has 0 amide bonds. The van der Waals surface area contributed by atoms with Gasteiger partial charge in [-0.05, 0) is 18.1 Å². The summed E-state index contributed by atoms with van der Waals surface area (Å²) in [7, 11) is 1.84. The fourth-order valence-corrected chi connectivity index (χ4v) is 2.57. The van der Waals surface area contributed by atoms with Crippen molar-refractivity contribution in [2.75, 3.05) is 57.9 Å². The molecule has 0 aliphatic carbocycles. The molecule has 0 radical (unpaired) electrons. The zero-order valence-electron chi connectivity index (χ0n) is 14.9. The Hall–Kier alpha value is -1.09. The van der Waals surface area contributed by atoms with Crippen molar-refractivity contribution in [1.29, 1.82) is 0 Å². The quantitative estimate of drug-likeness (QED) is 0.313. The van der Waals surface area contributed by atoms with Gasteiger partial charge in [0.15, 0.2) is 5.96 Å². The topological polar surface area (TPSA) is 53.0 Å². The second-order valence-electron chi connectivity index (χ2n) is 6.10. The van der Waals surface area contributed by atoms with Gasteiger partial charge in [0.05, 0.1) is 6.61 Å². The summed E-state index contributed by atoms with van der Waals surface area (Å²) in [5.74, 6) is 2.59. The molecule has 6 nitrogen and oxygen atoms in total. The number of piperazine rings is 1. The Bertz CT molecular complexity index is 475. The summed E-state index contributed by atoms with van der Waals surface area (Å²) < 4.78 is 5.60. The van der Waals surface area contributed by atoms with Crippen LogP contribution in [0.25, 0.3) is 0 Å². The van der Waals surface area contributed by atoms with Crippen LogP contribution in [0.1, 0.15) is 13.8 Å². The molecular formula is C17H30IN5O. The number of ether oxygens (including phenoxy) is 1. The number of hydrogen-bond donors (Lipinski definition) is 1. The zero-order valence-corrected chi connectivity index (χ0v) is 17.3. The standard InChI is InChI=1S/C17H29N5O.HI/c1-15(2)14-23-13-8-20-17(18-3)22-11-9-21(10-12-22)16-6-4-5-7-19-16;/h4-7,15H,8-14H2,1-3H3,(H,18,20);1H. The number of nitrogens with one attached hydrogen (secondary N) is 1. The number of hydrogen-bond acceptors (Lipinski definition) is 4. The summed E-state index contributed by atoms with van der Waals surface area (Å²) in [6, 6.07) is 6.05. The number of rotatable bonds is 6. The summed E-state index contributed by atoms with van der Waals surface area (Å²) in [4.78, 5) is 13.4. The van der Waals surface area contributed by atoms with E-state index in [-0.39, 0.29) is 24.0 Å². The van der Waals surface area contributed by atoms with E-state index in [4.69, 9.17) is 4.74 Å². The molecular weight excluding hydrogens is 417 g/mol. The van der Waals surface area contributed by atoms with Gasteiger partial charge < -0.3 is 19.9 Å². The third-order valence-electron chi connectivity index (χ3n) is 3.74. The third kappa shape index (κ3) is 6.80. The van der Waals surface area contributed by atoms with E-state index in [0.29, 0.717) is 12.5 Å². The van der Waals surface area contributed by atoms with Crippen molar-refractivity contribution in [3.05, 3.63) is 24.4 Å². The second kappa shape index (κ2) is 11.5. The molecule has 0 bridgehead atoms. The minimum atomic E-state index is 0. The summed E-state index contributed by atoms with van der Waals surface area (Å²) in [5.41, 5.74) is 0. The van der Waals surface area contributed by atoms with E-state index < -0.39 is 0 Å². The highest BCUT2D eigenvalue weighted by Gasteiger charge is 2.20. The monoisotopic (exact) mass is 447 g/mol. The van der Waals surface area contributed by atoms with Crippen LogP contribution < -0.4 is 10.2 Å². The van der Waals surface area contributed by atoms with Crippen molar-refractivity contribution in [3.63, 3.8) is 0 Å². The van der Waals surface area contributed by atoms with Gasteiger partial charge in [0, 0.05) is 52.6 Å². The van der Waals surface area contributed by atoms with Gasteiger partial charge in [-0.2, -0.15) is 0 Å². The van der Waals surface area contributed by atoms with Gasteiger partial charge in [-0.1, -0.05) is 19.9 Å². The average molecular weight is 447 g/mol. The first-order valence-electron chi connectivity index (χ1n) is 8.40. The van der Waals surface area contributed by atoms with Gasteiger partial charge in [0.2, 0.25) is 0 Å². The Labute approximate surface area is 162 Å². The lowest BCUT2D eigenvalue weighted by molar-refractivity contribution is 0.114. The molecule has 0 saturated carbocycles. The van der Waals surface area contributed by atoms with Gasteiger partial charge in [-0.15, -0.1) is 24.0 Å². The van der Waals surface area contributed by atoms with Gasteiger partial charge in [0.25, 0.3) is 0 Å². The van der Waals surface area contributed by atoms with Crippen LogP contribution in [-0.4, -0.2) is 68.8 Å². The summed E-state index contributed by atoms with van der Waals surface area (Å²) in [5, 5.41) is 3.38. The zero-order chi connectivity index (χ0) is 16.5. The molecule has 1 aromatic heterocycles. The molecule has 0 unspecified atom stereocenters. The van der Waals surface area contributed by atoms with E-state index in [1.54, 1.807) is 0 Å². The smallest absolute Gasteiger partial charge is 0.193 e. The molecule has 1 aliphatic heterocycles. The van der Waals surface area contributed by atoms with Crippen LogP contribution >= 0.6 is 24.0 Å². The normalized spacial score (nSPS) is 15.4. The second-order valence-corrected chi connectivity index (χ2v) is 6.10. The predicted molar refractivity (Wildman–Crippen MR) is 110 cm³/mol.